The predicted octanol–water partition coefficient (Wildman–Crippen LogP) is 6.32. The van der Waals surface area contributed by atoms with Crippen molar-refractivity contribution >= 4 is 34.8 Å². The first kappa shape index (κ1) is 22.2. The number of nitrogens with one attached hydrogen (secondary N) is 1. The normalized spacial score (nSPS) is 16.1. The Morgan fingerprint density at radius 1 is 1.17 bits per heavy atom. The number of thiazole rings is 1. The van der Waals surface area contributed by atoms with Crippen molar-refractivity contribution in [2.24, 2.45) is 0 Å². The van der Waals surface area contributed by atoms with Crippen molar-refractivity contribution < 1.29 is 9.53 Å². The lowest BCUT2D eigenvalue weighted by molar-refractivity contribution is -0.152. The lowest BCUT2D eigenvalue weighted by Crippen LogP contribution is -2.33. The smallest absolute Gasteiger partial charge is 0.322 e. The highest BCUT2D eigenvalue weighted by atomic mass is 32.2. The third-order valence-electron chi connectivity index (χ3n) is 5.17. The summed E-state index contributed by atoms with van der Waals surface area (Å²) < 4.78 is 6.20. The van der Waals surface area contributed by atoms with Crippen molar-refractivity contribution in [3.8, 4) is 0 Å². The molecule has 0 atom stereocenters. The molecule has 1 saturated carbocycles. The minimum atomic E-state index is -0.625. The molecule has 0 amide bonds. The number of hydrogen-bond donors (Lipinski definition) is 1. The summed E-state index contributed by atoms with van der Waals surface area (Å²) in [6, 6.07) is 10.2. The molecule has 6 heteroatoms. The third kappa shape index (κ3) is 7.34. The summed E-state index contributed by atoms with van der Waals surface area (Å²) in [5, 5.41) is 5.50. The van der Waals surface area contributed by atoms with Crippen LogP contribution in [0.2, 0.25) is 0 Å². The molecule has 0 aliphatic heterocycles. The Kier molecular flexibility index (Phi) is 8.42. The van der Waals surface area contributed by atoms with E-state index in [1.54, 1.807) is 11.3 Å². The molecule has 1 aromatic heterocycles. The summed E-state index contributed by atoms with van der Waals surface area (Å²) in [6.07, 6.45) is 9.11. The van der Waals surface area contributed by atoms with Crippen LogP contribution in [0.5, 0.6) is 0 Å². The van der Waals surface area contributed by atoms with E-state index in [1.807, 2.05) is 32.0 Å². The van der Waals surface area contributed by atoms with E-state index < -0.39 is 4.75 Å². The number of ether oxygens (including phenoxy) is 1. The van der Waals surface area contributed by atoms with Gasteiger partial charge in [0.15, 0.2) is 4.34 Å². The Bertz CT molecular complexity index is 753. The second-order valence-electron chi connectivity index (χ2n) is 8.13. The van der Waals surface area contributed by atoms with Crippen molar-refractivity contribution in [2.75, 3.05) is 11.9 Å². The first-order valence-corrected chi connectivity index (χ1v) is 12.4. The molecule has 1 heterocycles. The molecule has 3 rings (SSSR count). The van der Waals surface area contributed by atoms with Gasteiger partial charge in [-0.1, -0.05) is 49.2 Å². The van der Waals surface area contributed by atoms with Gasteiger partial charge in [-0.25, -0.2) is 4.98 Å². The van der Waals surface area contributed by atoms with Crippen LogP contribution in [0.15, 0.2) is 40.1 Å². The maximum absolute atomic E-state index is 12.8. The highest BCUT2D eigenvalue weighted by Gasteiger charge is 2.33. The fourth-order valence-corrected chi connectivity index (χ4v) is 5.70. The fourth-order valence-electron chi connectivity index (χ4n) is 3.43. The Morgan fingerprint density at radius 2 is 1.86 bits per heavy atom. The summed E-state index contributed by atoms with van der Waals surface area (Å²) in [7, 11) is 0. The fraction of sp³-hybridized carbons (Fsp3) is 0.565. The number of para-hydroxylation sites is 1. The molecule has 0 saturated heterocycles. The van der Waals surface area contributed by atoms with Crippen molar-refractivity contribution in [3.05, 3.63) is 41.4 Å². The molecule has 158 valence electrons. The molecular formula is C23H32N2O2S2. The third-order valence-corrected chi connectivity index (χ3v) is 7.34. The van der Waals surface area contributed by atoms with Gasteiger partial charge < -0.3 is 10.1 Å². The van der Waals surface area contributed by atoms with Crippen LogP contribution in [0.1, 0.15) is 64.5 Å². The Morgan fingerprint density at radius 3 is 2.59 bits per heavy atom. The molecule has 1 aliphatic carbocycles. The van der Waals surface area contributed by atoms with E-state index >= 15 is 0 Å². The van der Waals surface area contributed by atoms with Gasteiger partial charge in [0.1, 0.15) is 10.9 Å². The van der Waals surface area contributed by atoms with Gasteiger partial charge in [0.25, 0.3) is 0 Å². The number of hydrogen-bond acceptors (Lipinski definition) is 6. The molecule has 1 aliphatic rings. The second kappa shape index (κ2) is 11.0. The van der Waals surface area contributed by atoms with Gasteiger partial charge >= 0.3 is 5.97 Å². The van der Waals surface area contributed by atoms with Crippen LogP contribution in [-0.2, 0) is 16.0 Å². The first-order valence-electron chi connectivity index (χ1n) is 10.7. The largest absolute Gasteiger partial charge is 0.461 e. The second-order valence-corrected chi connectivity index (χ2v) is 10.9. The van der Waals surface area contributed by atoms with Crippen LogP contribution in [-0.4, -0.2) is 28.3 Å². The molecule has 0 radical (unpaired) electrons. The summed E-state index contributed by atoms with van der Waals surface area (Å²) >= 11 is 3.12. The number of anilines is 1. The molecule has 0 unspecified atom stereocenters. The van der Waals surface area contributed by atoms with E-state index in [-0.39, 0.29) is 12.1 Å². The molecule has 29 heavy (non-hydrogen) atoms. The van der Waals surface area contributed by atoms with E-state index in [0.29, 0.717) is 0 Å². The van der Waals surface area contributed by atoms with Gasteiger partial charge in [-0.2, -0.15) is 0 Å². The van der Waals surface area contributed by atoms with Gasteiger partial charge in [-0.15, -0.1) is 11.3 Å². The van der Waals surface area contributed by atoms with E-state index in [0.717, 1.165) is 41.5 Å². The molecule has 0 bridgehead atoms. The summed E-state index contributed by atoms with van der Waals surface area (Å²) in [5.74, 6) is -0.115. The number of carbonyl (C=O) groups is 1. The summed E-state index contributed by atoms with van der Waals surface area (Å²) in [6.45, 7) is 4.73. The maximum atomic E-state index is 12.8. The van der Waals surface area contributed by atoms with Crippen molar-refractivity contribution in [1.29, 1.82) is 0 Å². The minimum Gasteiger partial charge on any atom is -0.461 e. The quantitative estimate of drug-likeness (QED) is 0.390. The number of aromatic nitrogens is 1. The number of nitrogens with zero attached hydrogens (tertiary/aromatic N) is 1. The van der Waals surface area contributed by atoms with Gasteiger partial charge in [0.2, 0.25) is 0 Å². The molecule has 4 nitrogen and oxygen atoms in total. The Balaban J connectivity index is 1.47. The topological polar surface area (TPSA) is 51.2 Å². The number of benzene rings is 1. The molecule has 2 aromatic rings. The zero-order valence-corrected chi connectivity index (χ0v) is 19.1. The van der Waals surface area contributed by atoms with Gasteiger partial charge in [0, 0.05) is 24.0 Å². The van der Waals surface area contributed by atoms with E-state index in [1.165, 1.54) is 43.9 Å². The molecular weight excluding hydrogens is 400 g/mol. The highest BCUT2D eigenvalue weighted by Crippen LogP contribution is 2.36. The van der Waals surface area contributed by atoms with E-state index in [2.05, 4.69) is 22.8 Å². The van der Waals surface area contributed by atoms with Crippen LogP contribution in [0.4, 0.5) is 5.69 Å². The van der Waals surface area contributed by atoms with Crippen molar-refractivity contribution in [1.82, 2.24) is 4.98 Å². The maximum Gasteiger partial charge on any atom is 0.322 e. The zero-order valence-electron chi connectivity index (χ0n) is 17.5. The molecule has 1 fully saturated rings. The number of rotatable bonds is 8. The lowest BCUT2D eigenvalue weighted by atomic mass is 9.98. The van der Waals surface area contributed by atoms with Crippen molar-refractivity contribution in [2.45, 2.75) is 80.4 Å². The van der Waals surface area contributed by atoms with Gasteiger partial charge in [0.05, 0.1) is 5.69 Å². The standard InChI is InChI=1S/C23H32N2O2S2/c1-23(2,21(26)27-20-13-9-4-3-5-10-14-20)29-22-25-19(17-28-22)15-16-24-18-11-7-6-8-12-18/h6-8,11-12,17,20,24H,3-5,9-10,13-16H2,1-2H3. The monoisotopic (exact) mass is 432 g/mol. The lowest BCUT2D eigenvalue weighted by Gasteiger charge is -2.26. The molecule has 1 N–H and O–H groups in total. The van der Waals surface area contributed by atoms with Crippen molar-refractivity contribution in [3.63, 3.8) is 0 Å². The predicted molar refractivity (Wildman–Crippen MR) is 123 cm³/mol. The summed E-state index contributed by atoms with van der Waals surface area (Å²) in [4.78, 5) is 17.5. The van der Waals surface area contributed by atoms with Crippen LogP contribution >= 0.6 is 23.1 Å². The minimum absolute atomic E-state index is 0.0820. The van der Waals surface area contributed by atoms with Crippen LogP contribution in [0.25, 0.3) is 0 Å². The number of carbonyl (C=O) groups excluding carboxylic acids is 1. The first-order chi connectivity index (χ1) is 14.0. The highest BCUT2D eigenvalue weighted by molar-refractivity contribution is 8.03. The van der Waals surface area contributed by atoms with Crippen LogP contribution < -0.4 is 5.32 Å². The zero-order chi connectivity index (χ0) is 20.5. The Labute approximate surface area is 182 Å². The number of thioether (sulfide) groups is 1. The van der Waals surface area contributed by atoms with E-state index in [9.17, 15) is 4.79 Å². The summed E-state index contributed by atoms with van der Waals surface area (Å²) in [5.41, 5.74) is 2.18. The molecule has 1 aromatic carbocycles. The van der Waals surface area contributed by atoms with Gasteiger partial charge in [-0.3, -0.25) is 4.79 Å². The SMILES string of the molecule is CC(C)(Sc1nc(CCNc2ccccc2)cs1)C(=O)OC1CCCCCCC1. The van der Waals surface area contributed by atoms with Crippen LogP contribution in [0, 0.1) is 0 Å². The Hall–Kier alpha value is -1.53. The average molecular weight is 433 g/mol. The average Bonchev–Trinajstić information content (AvgIpc) is 3.11. The van der Waals surface area contributed by atoms with E-state index in [4.69, 9.17) is 9.72 Å². The van der Waals surface area contributed by atoms with Crippen LogP contribution in [0.3, 0.4) is 0 Å². The van der Waals surface area contributed by atoms with Gasteiger partial charge in [-0.05, 0) is 51.7 Å². The molecule has 0 spiro atoms. The number of esters is 1.